The van der Waals surface area contributed by atoms with E-state index in [4.69, 9.17) is 4.74 Å². The summed E-state index contributed by atoms with van der Waals surface area (Å²) in [6.07, 6.45) is 0.211. The molecule has 10 heteroatoms. The third kappa shape index (κ3) is 5.84. The average Bonchev–Trinajstić information content (AvgIpc) is 2.66. The van der Waals surface area contributed by atoms with Crippen molar-refractivity contribution in [1.29, 1.82) is 0 Å². The molecule has 0 spiro atoms. The fourth-order valence-corrected chi connectivity index (χ4v) is 3.15. The van der Waals surface area contributed by atoms with Gasteiger partial charge in [-0.3, -0.25) is 14.9 Å². The second kappa shape index (κ2) is 9.21. The molecule has 0 fully saturated rings. The van der Waals surface area contributed by atoms with E-state index in [9.17, 15) is 23.3 Å². The number of ether oxygens (including phenoxy) is 1. The van der Waals surface area contributed by atoms with Gasteiger partial charge >= 0.3 is 5.97 Å². The van der Waals surface area contributed by atoms with Crippen molar-refractivity contribution in [2.75, 3.05) is 6.61 Å². The minimum atomic E-state index is -4.03. The number of nitrogens with zero attached hydrogens (tertiary/aromatic N) is 1. The Morgan fingerprint density at radius 2 is 1.78 bits per heavy atom. The van der Waals surface area contributed by atoms with Crippen LogP contribution < -0.4 is 10.3 Å². The summed E-state index contributed by atoms with van der Waals surface area (Å²) in [6, 6.07) is 12.5. The van der Waals surface area contributed by atoms with Gasteiger partial charge in [0.05, 0.1) is 16.4 Å². The summed E-state index contributed by atoms with van der Waals surface area (Å²) in [5, 5.41) is 10.7. The van der Waals surface area contributed by atoms with Gasteiger partial charge in [-0.05, 0) is 31.0 Å². The minimum Gasteiger partial charge on any atom is -0.465 e. The molecule has 0 saturated carbocycles. The van der Waals surface area contributed by atoms with Crippen molar-refractivity contribution >= 4 is 21.7 Å². The Bertz CT molecular complexity index is 885. The lowest BCUT2D eigenvalue weighted by Gasteiger charge is -2.18. The van der Waals surface area contributed by atoms with E-state index < -0.39 is 27.0 Å². The van der Waals surface area contributed by atoms with Crippen molar-refractivity contribution in [3.8, 4) is 0 Å². The lowest BCUT2D eigenvalue weighted by molar-refractivity contribution is -0.384. The number of hydrogen-bond acceptors (Lipinski definition) is 7. The van der Waals surface area contributed by atoms with Crippen LogP contribution >= 0.6 is 0 Å². The molecule has 0 heterocycles. The van der Waals surface area contributed by atoms with Gasteiger partial charge in [-0.15, -0.1) is 4.83 Å². The van der Waals surface area contributed by atoms with Crippen LogP contribution in [0.1, 0.15) is 12.5 Å². The summed E-state index contributed by atoms with van der Waals surface area (Å²) in [6.45, 7) is 1.80. The standard InChI is InChI=1S/C17H19N3O6S/c1-2-26-17(21)16(12-13-6-4-3-5-7-13)18-19-27(24,25)15-10-8-14(9-11-15)20(22)23/h3-11,16,18-19H,2,12H2,1H3/t16-/m0/s1. The maximum absolute atomic E-state index is 12.4. The highest BCUT2D eigenvalue weighted by atomic mass is 32.2. The number of carbonyl (C=O) groups is 1. The van der Waals surface area contributed by atoms with E-state index >= 15 is 0 Å². The van der Waals surface area contributed by atoms with Gasteiger partial charge in [0.2, 0.25) is 0 Å². The fourth-order valence-electron chi connectivity index (χ4n) is 2.24. The highest BCUT2D eigenvalue weighted by molar-refractivity contribution is 7.89. The van der Waals surface area contributed by atoms with E-state index in [1.807, 2.05) is 6.07 Å². The molecule has 0 unspecified atom stereocenters. The van der Waals surface area contributed by atoms with Crippen LogP contribution in [0.25, 0.3) is 0 Å². The van der Waals surface area contributed by atoms with Crippen molar-refractivity contribution in [2.24, 2.45) is 0 Å². The molecule has 2 aromatic rings. The Balaban J connectivity index is 2.11. The largest absolute Gasteiger partial charge is 0.465 e. The molecule has 0 radical (unpaired) electrons. The molecule has 2 N–H and O–H groups in total. The number of nitrogens with one attached hydrogen (secondary N) is 2. The van der Waals surface area contributed by atoms with Gasteiger partial charge in [0.15, 0.2) is 0 Å². The van der Waals surface area contributed by atoms with Crippen LogP contribution in [0.2, 0.25) is 0 Å². The monoisotopic (exact) mass is 393 g/mol. The zero-order valence-corrected chi connectivity index (χ0v) is 15.3. The maximum atomic E-state index is 12.4. The van der Waals surface area contributed by atoms with Crippen LogP contribution in [0.15, 0.2) is 59.5 Å². The Morgan fingerprint density at radius 3 is 2.33 bits per heavy atom. The van der Waals surface area contributed by atoms with Gasteiger partial charge < -0.3 is 4.74 Å². The first kappa shape index (κ1) is 20.5. The third-order valence-corrected chi connectivity index (χ3v) is 4.86. The van der Waals surface area contributed by atoms with Crippen LogP contribution in [0.4, 0.5) is 5.69 Å². The summed E-state index contributed by atoms with van der Waals surface area (Å²) in [4.78, 5) is 24.1. The number of benzene rings is 2. The molecule has 144 valence electrons. The van der Waals surface area contributed by atoms with Crippen LogP contribution in [0.3, 0.4) is 0 Å². The van der Waals surface area contributed by atoms with Crippen molar-refractivity contribution in [2.45, 2.75) is 24.3 Å². The number of hydrazine groups is 1. The van der Waals surface area contributed by atoms with E-state index in [0.29, 0.717) is 0 Å². The molecular formula is C17H19N3O6S. The highest BCUT2D eigenvalue weighted by Gasteiger charge is 2.23. The number of carbonyl (C=O) groups excluding carboxylic acids is 1. The van der Waals surface area contributed by atoms with Crippen LogP contribution in [0.5, 0.6) is 0 Å². The highest BCUT2D eigenvalue weighted by Crippen LogP contribution is 2.15. The number of rotatable bonds is 9. The SMILES string of the molecule is CCOC(=O)[C@H](Cc1ccccc1)NNS(=O)(=O)c1ccc([N+](=O)[O-])cc1. The summed E-state index contributed by atoms with van der Waals surface area (Å²) in [5.41, 5.74) is 3.07. The smallest absolute Gasteiger partial charge is 0.324 e. The van der Waals surface area contributed by atoms with Crippen LogP contribution in [-0.4, -0.2) is 32.0 Å². The Morgan fingerprint density at radius 1 is 1.15 bits per heavy atom. The van der Waals surface area contributed by atoms with Crippen molar-refractivity contribution in [1.82, 2.24) is 10.3 Å². The number of nitro groups is 1. The molecule has 27 heavy (non-hydrogen) atoms. The lowest BCUT2D eigenvalue weighted by atomic mass is 10.1. The Labute approximate surface area is 156 Å². The molecule has 1 atom stereocenters. The molecule has 9 nitrogen and oxygen atoms in total. The topological polar surface area (TPSA) is 128 Å². The first-order chi connectivity index (χ1) is 12.8. The molecule has 2 aromatic carbocycles. The summed E-state index contributed by atoms with van der Waals surface area (Å²) in [7, 11) is -4.03. The zero-order valence-electron chi connectivity index (χ0n) is 14.5. The van der Waals surface area contributed by atoms with Crippen molar-refractivity contribution < 1.29 is 22.9 Å². The number of nitro benzene ring substituents is 1. The van der Waals surface area contributed by atoms with E-state index in [0.717, 1.165) is 29.8 Å². The predicted molar refractivity (Wildman–Crippen MR) is 97.1 cm³/mol. The Kier molecular flexibility index (Phi) is 6.99. The predicted octanol–water partition coefficient (Wildman–Crippen LogP) is 1.55. The summed E-state index contributed by atoms with van der Waals surface area (Å²) in [5.74, 6) is -0.604. The van der Waals surface area contributed by atoms with Gasteiger partial charge in [-0.1, -0.05) is 30.3 Å². The number of hydrogen-bond donors (Lipinski definition) is 2. The molecule has 0 saturated heterocycles. The van der Waals surface area contributed by atoms with Gasteiger partial charge in [0.25, 0.3) is 15.7 Å². The maximum Gasteiger partial charge on any atom is 0.324 e. The Hall–Kier alpha value is -2.82. The van der Waals surface area contributed by atoms with Crippen LogP contribution in [0, 0.1) is 10.1 Å². The molecule has 0 aromatic heterocycles. The molecule has 0 aliphatic carbocycles. The molecule has 0 amide bonds. The van der Waals surface area contributed by atoms with E-state index in [1.165, 1.54) is 0 Å². The molecular weight excluding hydrogens is 374 g/mol. The van der Waals surface area contributed by atoms with E-state index in [1.54, 1.807) is 31.2 Å². The summed E-state index contributed by atoms with van der Waals surface area (Å²) < 4.78 is 29.7. The van der Waals surface area contributed by atoms with Crippen molar-refractivity contribution in [3.63, 3.8) is 0 Å². The number of esters is 1. The van der Waals surface area contributed by atoms with E-state index in [-0.39, 0.29) is 23.6 Å². The average molecular weight is 393 g/mol. The second-order valence-corrected chi connectivity index (χ2v) is 7.18. The van der Waals surface area contributed by atoms with E-state index in [2.05, 4.69) is 10.3 Å². The lowest BCUT2D eigenvalue weighted by Crippen LogP contribution is -2.49. The quantitative estimate of drug-likeness (QED) is 0.376. The minimum absolute atomic E-state index is 0.154. The zero-order chi connectivity index (χ0) is 19.9. The number of sulfonamides is 1. The van der Waals surface area contributed by atoms with Crippen LogP contribution in [-0.2, 0) is 26.0 Å². The number of non-ortho nitro benzene ring substituents is 1. The molecule has 0 bridgehead atoms. The van der Waals surface area contributed by atoms with Gasteiger partial charge in [-0.25, -0.2) is 13.8 Å². The molecule has 2 rings (SSSR count). The first-order valence-corrected chi connectivity index (χ1v) is 9.54. The van der Waals surface area contributed by atoms with Crippen molar-refractivity contribution in [3.05, 3.63) is 70.3 Å². The second-order valence-electron chi connectivity index (χ2n) is 5.50. The first-order valence-electron chi connectivity index (χ1n) is 8.06. The van der Waals surface area contributed by atoms with Gasteiger partial charge in [0, 0.05) is 12.1 Å². The third-order valence-electron chi connectivity index (χ3n) is 3.58. The van der Waals surface area contributed by atoms with Gasteiger partial charge in [-0.2, -0.15) is 0 Å². The normalized spacial score (nSPS) is 12.3. The molecule has 0 aliphatic rings. The summed E-state index contributed by atoms with van der Waals surface area (Å²) >= 11 is 0. The fraction of sp³-hybridized carbons (Fsp3) is 0.235. The van der Waals surface area contributed by atoms with Gasteiger partial charge in [0.1, 0.15) is 6.04 Å². The molecule has 0 aliphatic heterocycles.